The summed E-state index contributed by atoms with van der Waals surface area (Å²) in [6.07, 6.45) is 10.1. The summed E-state index contributed by atoms with van der Waals surface area (Å²) in [5, 5.41) is 78.9. The Bertz CT molecular complexity index is 3560. The van der Waals surface area contributed by atoms with Gasteiger partial charge in [-0.25, -0.2) is 9.59 Å². The maximum absolute atomic E-state index is 13.0. The number of esters is 2. The summed E-state index contributed by atoms with van der Waals surface area (Å²) < 4.78 is 40.8. The van der Waals surface area contributed by atoms with E-state index in [2.05, 4.69) is 74.0 Å². The third kappa shape index (κ3) is 11.5. The summed E-state index contributed by atoms with van der Waals surface area (Å²) in [6, 6.07) is 10.4. The van der Waals surface area contributed by atoms with Crippen molar-refractivity contribution in [3.63, 3.8) is 0 Å². The van der Waals surface area contributed by atoms with Crippen LogP contribution in [0.25, 0.3) is 0 Å². The molecule has 14 rings (SSSR count). The zero-order valence-electron chi connectivity index (χ0n) is 62.0. The fourth-order valence-corrected chi connectivity index (χ4v) is 26.6. The molecule has 2 aromatic rings. The minimum Gasteiger partial charge on any atom is -0.457 e. The molecular formula is C78H111ClN2O20. The second-order valence-electron chi connectivity index (χ2n) is 36.8. The number of carbonyl (C=O) groups is 4. The summed E-state index contributed by atoms with van der Waals surface area (Å²) in [4.78, 5) is 67.4. The van der Waals surface area contributed by atoms with E-state index in [1.165, 1.54) is 75.2 Å². The Morgan fingerprint density at radius 1 is 0.545 bits per heavy atom. The normalized spacial score (nSPS) is 44.1. The molecular weight excluding hydrogens is 1320 g/mol. The van der Waals surface area contributed by atoms with E-state index in [0.717, 1.165) is 77.0 Å². The Labute approximate surface area is 599 Å². The van der Waals surface area contributed by atoms with Gasteiger partial charge in [-0.2, -0.15) is 0 Å². The monoisotopic (exact) mass is 1430 g/mol. The van der Waals surface area contributed by atoms with Gasteiger partial charge in [0, 0.05) is 66.0 Å². The first-order valence-electron chi connectivity index (χ1n) is 37.2. The van der Waals surface area contributed by atoms with Crippen LogP contribution in [0.1, 0.15) is 214 Å². The van der Waals surface area contributed by atoms with Crippen LogP contribution in [0.3, 0.4) is 0 Å². The molecule has 2 heterocycles. The Kier molecular flexibility index (Phi) is 18.9. The lowest BCUT2D eigenvalue weighted by Crippen LogP contribution is -2.60. The molecule has 2 aromatic carbocycles. The second kappa shape index (κ2) is 25.3. The molecule has 4 unspecified atom stereocenters. The highest BCUT2D eigenvalue weighted by Crippen LogP contribution is 2.91. The lowest BCUT2D eigenvalue weighted by molar-refractivity contribution is -0.385. The van der Waals surface area contributed by atoms with Crippen LogP contribution in [0.5, 0.6) is 11.5 Å². The zero-order valence-corrected chi connectivity index (χ0v) is 62.7. The molecule has 0 amide bonds. The van der Waals surface area contributed by atoms with Crippen LogP contribution in [0, 0.1) is 122 Å². The minimum atomic E-state index is -1.30. The molecule has 4 spiro atoms. The Hall–Kier alpha value is -5.07. The van der Waals surface area contributed by atoms with Gasteiger partial charge in [0.1, 0.15) is 17.6 Å². The third-order valence-electron chi connectivity index (χ3n) is 31.0. The van der Waals surface area contributed by atoms with Gasteiger partial charge in [-0.1, -0.05) is 69.2 Å². The predicted octanol–water partition coefficient (Wildman–Crippen LogP) is 14.2. The highest BCUT2D eigenvalue weighted by molar-refractivity contribution is 6.61. The van der Waals surface area contributed by atoms with Crippen LogP contribution < -0.4 is 9.47 Å². The Morgan fingerprint density at radius 3 is 1.29 bits per heavy atom. The number of ether oxygens (including phenoxy) is 7. The number of nitro groups is 2. The first-order valence-corrected chi connectivity index (χ1v) is 37.6. The van der Waals surface area contributed by atoms with E-state index >= 15 is 0 Å². The van der Waals surface area contributed by atoms with Crippen molar-refractivity contribution in [1.82, 2.24) is 0 Å². The molecule has 2 saturated heterocycles. The molecule has 12 aliphatic rings. The van der Waals surface area contributed by atoms with Gasteiger partial charge in [0.2, 0.25) is 0 Å². The van der Waals surface area contributed by atoms with E-state index in [9.17, 15) is 64.9 Å². The minimum absolute atomic E-state index is 0.0383. The zero-order chi connectivity index (χ0) is 74.1. The molecule has 10 saturated carbocycles. The van der Waals surface area contributed by atoms with Gasteiger partial charge >= 0.3 is 23.5 Å². The van der Waals surface area contributed by atoms with Crippen LogP contribution >= 0.6 is 11.6 Å². The van der Waals surface area contributed by atoms with Gasteiger partial charge in [0.05, 0.1) is 63.8 Å². The van der Waals surface area contributed by atoms with E-state index in [1.54, 1.807) is 27.7 Å². The number of aliphatic hydroxyl groups excluding tert-OH is 3. The predicted molar refractivity (Wildman–Crippen MR) is 371 cm³/mol. The van der Waals surface area contributed by atoms with Crippen LogP contribution in [-0.2, 0) is 33.3 Å². The molecule has 0 aromatic heterocycles. The Balaban J connectivity index is 0.000000166. The molecule has 22 nitrogen and oxygen atoms in total. The second-order valence-corrected chi connectivity index (χ2v) is 37.1. The van der Waals surface area contributed by atoms with Gasteiger partial charge in [-0.15, -0.1) is 0 Å². The van der Waals surface area contributed by atoms with Crippen LogP contribution in [0.15, 0.2) is 48.5 Å². The summed E-state index contributed by atoms with van der Waals surface area (Å²) in [7, 11) is 0. The standard InChI is InChI=1S/C39H55NO10.C32H52O6.C7H4ClNO4/c1-21-19-25(32(35(5,6)44)47-22(2)41)49-30-29(21)36(7)17-18-39-20-38(39)16-15-28(50-33(43)48-24-11-9-23(10-12-24)40(45)46)34(3,4)26(38)13-14-27(39)37(36,8)31(30)42;1-17-15-19(26(28(5,6)36)37-18(2)33)38-24-23(17)29(7)13-14-32-16-31(32)12-11-22(34)27(3,4)20(31)9-10-21(32)30(29,8)25(24)35;8-7(10)13-6-3-1-5(2-4-6)9(11)12/h9-12,21,25-32,42,44H,13-20H2,1-8H3;17,19-26,34-36H,9-16H2,1-8H3;1-4H/t21-,25-,26+,27+,28+,29?,30+,31+,32+,36-,37-,38?,39+;17-,19-,20+,21+,22+,23?,24+,25+,26+,29-,30-,31?,32+;/m11./s1. The van der Waals surface area contributed by atoms with Crippen molar-refractivity contribution < 1.29 is 87.7 Å². The SMILES string of the molecule is CC(=O)O[C@@H]([C@H]1C[C@@H](C)C2[C@H](O1)[C@H](O)[C@@]1(C)[C@@H]3CC[C@H]4C(C)(C)[C@@H](O)CCC45C[C@@]35CC[C@]21C)C(C)(C)O.CC(=O)O[C@@H]([C@H]1C[C@@H](C)C2[C@H](O1)[C@H](O)[C@@]1(C)[C@@H]3CC[C@H]4C(C)(C)[C@@H](OC(=O)Oc5ccc([N+](=O)[O-])cc5)CCC45C[C@@]35CC[C@]21C)C(C)(C)O.O=C(Cl)Oc1ccc([N+](=O)[O-])cc1. The number of halogens is 1. The molecule has 5 N–H and O–H groups in total. The van der Waals surface area contributed by atoms with Crippen molar-refractivity contribution in [2.45, 2.75) is 286 Å². The molecule has 0 bridgehead atoms. The van der Waals surface area contributed by atoms with Crippen LogP contribution in [0.4, 0.5) is 21.0 Å². The number of nitrogens with zero attached hydrogens (tertiary/aromatic N) is 2. The fourth-order valence-electron chi connectivity index (χ4n) is 26.5. The number of aliphatic hydroxyl groups is 5. The van der Waals surface area contributed by atoms with Crippen molar-refractivity contribution >= 4 is 46.5 Å². The summed E-state index contributed by atoms with van der Waals surface area (Å²) in [5.41, 5.74) is -4.03. The third-order valence-corrected chi connectivity index (χ3v) is 31.0. The maximum Gasteiger partial charge on any atom is 0.514 e. The number of hydrogen-bond donors (Lipinski definition) is 5. The first-order chi connectivity index (χ1) is 46.8. The molecule has 0 radical (unpaired) electrons. The number of hydrogen-bond acceptors (Lipinski definition) is 20. The summed E-state index contributed by atoms with van der Waals surface area (Å²) in [6.45, 7) is 32.4. The van der Waals surface area contributed by atoms with Crippen LogP contribution in [-0.4, -0.2) is 131 Å². The number of rotatable bonds is 11. The molecule has 23 heteroatoms. The van der Waals surface area contributed by atoms with Gasteiger partial charge in [0.15, 0.2) is 12.2 Å². The lowest BCUT2D eigenvalue weighted by atomic mass is 9.41. The molecule has 26 atom stereocenters. The number of fused-ring (bicyclic) bond motifs is 8. The van der Waals surface area contributed by atoms with Crippen molar-refractivity contribution in [2.75, 3.05) is 0 Å². The number of benzene rings is 2. The Morgan fingerprint density at radius 2 is 0.911 bits per heavy atom. The van der Waals surface area contributed by atoms with Crippen LogP contribution in [0.2, 0.25) is 0 Å². The molecule has 560 valence electrons. The van der Waals surface area contributed by atoms with Crippen molar-refractivity contribution in [1.29, 1.82) is 0 Å². The highest BCUT2D eigenvalue weighted by atomic mass is 35.5. The molecule has 2 aliphatic heterocycles. The van der Waals surface area contributed by atoms with E-state index in [1.807, 2.05) is 0 Å². The lowest BCUT2D eigenvalue weighted by Gasteiger charge is -2.63. The summed E-state index contributed by atoms with van der Waals surface area (Å²) in [5.74, 6) is 2.02. The van der Waals surface area contributed by atoms with E-state index in [0.29, 0.717) is 41.9 Å². The smallest absolute Gasteiger partial charge is 0.457 e. The van der Waals surface area contributed by atoms with Gasteiger partial charge < -0.3 is 58.7 Å². The average molecular weight is 1430 g/mol. The molecule has 12 fully saturated rings. The topological polar surface area (TPSA) is 320 Å². The van der Waals surface area contributed by atoms with Crippen molar-refractivity contribution in [3.8, 4) is 11.5 Å². The average Bonchev–Trinajstić information content (AvgIpc) is 1.47. The van der Waals surface area contributed by atoms with Crippen molar-refractivity contribution in [3.05, 3.63) is 68.8 Å². The maximum atomic E-state index is 13.0. The van der Waals surface area contributed by atoms with E-state index < -0.39 is 87.3 Å². The highest BCUT2D eigenvalue weighted by Gasteiger charge is 2.87. The fraction of sp³-hybridized carbons (Fsp3) is 0.795. The number of non-ortho nitro benzene ring substituents is 2. The van der Waals surface area contributed by atoms with Gasteiger partial charge in [0.25, 0.3) is 11.4 Å². The largest absolute Gasteiger partial charge is 0.514 e. The molecule has 101 heavy (non-hydrogen) atoms. The van der Waals surface area contributed by atoms with Crippen molar-refractivity contribution in [2.24, 2.45) is 101 Å². The van der Waals surface area contributed by atoms with Gasteiger partial charge in [-0.3, -0.25) is 29.8 Å². The van der Waals surface area contributed by atoms with E-state index in [-0.39, 0.29) is 114 Å². The molecule has 10 aliphatic carbocycles. The summed E-state index contributed by atoms with van der Waals surface area (Å²) >= 11 is 4.92. The number of nitro benzene ring substituents is 2. The van der Waals surface area contributed by atoms with Gasteiger partial charge in [-0.05, 0) is 240 Å². The van der Waals surface area contributed by atoms with E-state index in [4.69, 9.17) is 40.0 Å². The number of carbonyl (C=O) groups excluding carboxylic acids is 4. The first kappa shape index (κ1) is 75.6. The quantitative estimate of drug-likeness (QED) is 0.0348.